The largest absolute Gasteiger partial charge is 0.341 e. The van der Waals surface area contributed by atoms with Crippen LogP contribution >= 0.6 is 0 Å². The quantitative estimate of drug-likeness (QED) is 0.121. The van der Waals surface area contributed by atoms with Gasteiger partial charge in [0.15, 0.2) is 0 Å². The molecular weight excluding hydrogens is 1500 g/mol. The maximum atomic E-state index is 2.61. The van der Waals surface area contributed by atoms with Crippen LogP contribution < -0.4 is 29.4 Å². The van der Waals surface area contributed by atoms with E-state index in [0.29, 0.717) is 53.6 Å². The summed E-state index contributed by atoms with van der Waals surface area (Å²) in [6.45, 7) is 24.5. The first kappa shape index (κ1) is 77.9. The fourth-order valence-electron chi connectivity index (χ4n) is 24.8. The molecule has 24 rings (SSSR count). The van der Waals surface area contributed by atoms with E-state index in [1.807, 2.05) is 0 Å². The number of allylic oxidation sites excluding steroid dienone is 6. The van der Waals surface area contributed by atoms with Gasteiger partial charge < -0.3 is 29.4 Å². The van der Waals surface area contributed by atoms with Crippen molar-refractivity contribution in [3.8, 4) is 0 Å². The van der Waals surface area contributed by atoms with Crippen molar-refractivity contribution in [3.63, 3.8) is 0 Å². The van der Waals surface area contributed by atoms with Gasteiger partial charge in [-0.15, -0.1) is 0 Å². The molecule has 9 atom stereocenters. The summed E-state index contributed by atoms with van der Waals surface area (Å²) in [7, 11) is 0. The Balaban J connectivity index is 0.000000111. The number of rotatable bonds is 12. The van der Waals surface area contributed by atoms with Crippen LogP contribution in [-0.2, 0) is 38.5 Å². The van der Waals surface area contributed by atoms with Gasteiger partial charge >= 0.3 is 0 Å². The van der Waals surface area contributed by atoms with Crippen molar-refractivity contribution >= 4 is 105 Å². The van der Waals surface area contributed by atoms with Gasteiger partial charge in [0.2, 0.25) is 0 Å². The minimum atomic E-state index is 0.439. The van der Waals surface area contributed by atoms with E-state index in [2.05, 4.69) is 383 Å². The highest BCUT2D eigenvalue weighted by Crippen LogP contribution is 2.58. The summed E-state index contributed by atoms with van der Waals surface area (Å²) in [6, 6.07) is 97.4. The molecule has 0 amide bonds. The summed E-state index contributed by atoms with van der Waals surface area (Å²) in [6.07, 6.45) is 30.0. The molecule has 6 nitrogen and oxygen atoms in total. The van der Waals surface area contributed by atoms with E-state index < -0.39 is 0 Å². The number of para-hydroxylation sites is 6. The summed E-state index contributed by atoms with van der Waals surface area (Å²) in [5.74, 6) is 2.65. The Hall–Kier alpha value is -12.1. The predicted octanol–water partition coefficient (Wildman–Crippen LogP) is 30.2. The van der Waals surface area contributed by atoms with Gasteiger partial charge in [0.05, 0.1) is 0 Å². The summed E-state index contributed by atoms with van der Waals surface area (Å²) in [5.41, 5.74) is 51.9. The van der Waals surface area contributed by atoms with E-state index in [9.17, 15) is 0 Å². The van der Waals surface area contributed by atoms with Crippen LogP contribution in [0, 0.1) is 0 Å². The Morgan fingerprint density at radius 3 is 0.774 bits per heavy atom. The summed E-state index contributed by atoms with van der Waals surface area (Å²) < 4.78 is 0. The topological polar surface area (TPSA) is 19.4 Å². The van der Waals surface area contributed by atoms with Crippen LogP contribution in [0.4, 0.5) is 68.2 Å². The van der Waals surface area contributed by atoms with Crippen LogP contribution in [0.2, 0.25) is 0 Å². The van der Waals surface area contributed by atoms with Crippen LogP contribution in [0.3, 0.4) is 0 Å². The molecule has 0 saturated carbocycles. The SMILES string of the molecule is CC1=Cc2c(cccc2N2CCCc3ccccc32)C1CC1C(C)=Cc2c1cccc2N1c2ccccc2CC1C.CC1=Cc2c(cccc2N2CCCc3ccccc32)C1CC1C(C)=Cc2c1cccc2N1c2ccccc2CCC1C.CC1=Cc2c(cccc2N2CCc3ccccc32)C1CC1C(C)=Cc2c1cccc2N1c2ccccc2CCC1C. The Kier molecular flexibility index (Phi) is 20.0. The van der Waals surface area contributed by atoms with Gasteiger partial charge in [-0.2, -0.15) is 0 Å². The second kappa shape index (κ2) is 31.9. The molecule has 12 aromatic carbocycles. The molecule has 0 aromatic heterocycles. The molecule has 0 radical (unpaired) electrons. The highest BCUT2D eigenvalue weighted by molar-refractivity contribution is 5.90. The second-order valence-corrected chi connectivity index (χ2v) is 38.2. The van der Waals surface area contributed by atoms with E-state index in [4.69, 9.17) is 0 Å². The molecule has 0 N–H and O–H groups in total. The second-order valence-electron chi connectivity index (χ2n) is 38.2. The van der Waals surface area contributed by atoms with Gasteiger partial charge in [-0.25, -0.2) is 0 Å². The van der Waals surface area contributed by atoms with Gasteiger partial charge in [-0.1, -0.05) is 252 Å². The Morgan fingerprint density at radius 2 is 0.452 bits per heavy atom. The minimum Gasteiger partial charge on any atom is -0.341 e. The van der Waals surface area contributed by atoms with E-state index >= 15 is 0 Å². The first-order valence-electron chi connectivity index (χ1n) is 46.8. The van der Waals surface area contributed by atoms with E-state index in [-0.39, 0.29) is 0 Å². The number of fused-ring (bicyclic) bond motifs is 12. The number of nitrogens with zero attached hydrogens (tertiary/aromatic N) is 6. The lowest BCUT2D eigenvalue weighted by Crippen LogP contribution is -2.33. The fourth-order valence-corrected chi connectivity index (χ4v) is 24.8. The van der Waals surface area contributed by atoms with Crippen LogP contribution in [0.1, 0.15) is 243 Å². The highest BCUT2D eigenvalue weighted by atomic mass is 15.2. The number of aryl methyl sites for hydroxylation is 4. The van der Waals surface area contributed by atoms with Gasteiger partial charge in [-0.05, 0) is 285 Å². The van der Waals surface area contributed by atoms with Crippen molar-refractivity contribution in [1.29, 1.82) is 0 Å². The van der Waals surface area contributed by atoms with Crippen molar-refractivity contribution in [1.82, 2.24) is 0 Å². The van der Waals surface area contributed by atoms with Gasteiger partial charge in [0, 0.05) is 175 Å². The Labute approximate surface area is 736 Å². The maximum absolute atomic E-state index is 2.61. The lowest BCUT2D eigenvalue weighted by Gasteiger charge is -2.38. The molecular formula is C118H116N6. The molecule has 618 valence electrons. The smallest absolute Gasteiger partial charge is 0.0490 e. The van der Waals surface area contributed by atoms with Gasteiger partial charge in [0.25, 0.3) is 0 Å². The fraction of sp³-hybridized carbons (Fsp3) is 0.288. The molecule has 0 bridgehead atoms. The molecule has 6 heteroatoms. The highest BCUT2D eigenvalue weighted by Gasteiger charge is 2.41. The molecule has 6 aliphatic carbocycles. The molecule has 0 spiro atoms. The average Bonchev–Trinajstić information content (AvgIpc) is 1.39. The zero-order valence-corrected chi connectivity index (χ0v) is 73.9. The molecule has 0 fully saturated rings. The molecule has 6 heterocycles. The standard InChI is InChI=1S/C40H40N2.2C39H38N2/c1-26-23-35-31(14-8-18-39(35)41-22-10-13-29-11-4-6-16-37(29)41)33(26)25-34-27(2)24-36-32(34)15-9-19-40(36)42-28(3)20-21-30-12-5-7-17-38(30)42;1-25-21-34-30(14-8-18-38(34)40-20-10-13-28-11-4-6-16-36(28)40)32(25)24-33-26(2)22-35-31(33)15-9-19-39(35)41-27(3)23-29-12-5-7-17-37(29)41;1-25-22-34-30(12-8-16-38(34)40-21-20-29-11-4-6-14-36(29)40)32(25)24-33-26(2)23-35-31(33)13-9-17-39(35)41-27(3)18-19-28-10-5-7-15-37(28)41/h4-9,11-12,14-19,23-24,28,33-34H,10,13,20-22,25H2,1-3H3;4-9,11-12,14-19,21-22,27,32-33H,10,13,20,23-24H2,1-3H3;4-17,22-23,27,32-33H,18-21,24H2,1-3H3. The van der Waals surface area contributed by atoms with E-state index in [1.165, 1.54) is 240 Å². The zero-order valence-electron chi connectivity index (χ0n) is 73.9. The molecule has 0 saturated heterocycles. The van der Waals surface area contributed by atoms with Crippen LogP contribution in [0.25, 0.3) is 36.5 Å². The van der Waals surface area contributed by atoms with Crippen molar-refractivity contribution in [2.45, 2.75) is 199 Å². The predicted molar refractivity (Wildman–Crippen MR) is 526 cm³/mol. The number of benzene rings is 12. The van der Waals surface area contributed by atoms with Gasteiger partial charge in [0.1, 0.15) is 0 Å². The molecule has 9 unspecified atom stereocenters. The third-order valence-corrected chi connectivity index (χ3v) is 30.9. The van der Waals surface area contributed by atoms with Crippen molar-refractivity contribution < 1.29 is 0 Å². The lowest BCUT2D eigenvalue weighted by atomic mass is 9.82. The Bertz CT molecular complexity index is 6470. The number of hydrogen-bond donors (Lipinski definition) is 0. The third-order valence-electron chi connectivity index (χ3n) is 30.9. The third kappa shape index (κ3) is 13.3. The van der Waals surface area contributed by atoms with E-state index in [0.717, 1.165) is 64.6 Å². The zero-order chi connectivity index (χ0) is 83.7. The summed E-state index contributed by atoms with van der Waals surface area (Å²) in [5, 5.41) is 0. The first-order chi connectivity index (χ1) is 60.7. The normalized spacial score (nSPS) is 22.2. The van der Waals surface area contributed by atoms with Crippen molar-refractivity contribution in [2.75, 3.05) is 49.0 Å². The van der Waals surface area contributed by atoms with E-state index in [1.54, 1.807) is 0 Å². The number of anilines is 12. The maximum Gasteiger partial charge on any atom is 0.0490 e. The van der Waals surface area contributed by atoms with Crippen molar-refractivity contribution in [3.05, 3.63) is 388 Å². The van der Waals surface area contributed by atoms with Crippen LogP contribution in [0.15, 0.2) is 288 Å². The van der Waals surface area contributed by atoms with Crippen LogP contribution in [-0.4, -0.2) is 37.8 Å². The molecule has 124 heavy (non-hydrogen) atoms. The Morgan fingerprint density at radius 1 is 0.218 bits per heavy atom. The summed E-state index contributed by atoms with van der Waals surface area (Å²) >= 11 is 0. The van der Waals surface area contributed by atoms with Gasteiger partial charge in [-0.3, -0.25) is 0 Å². The first-order valence-corrected chi connectivity index (χ1v) is 46.8. The summed E-state index contributed by atoms with van der Waals surface area (Å²) in [4.78, 5) is 15.5. The minimum absolute atomic E-state index is 0.439. The lowest BCUT2D eigenvalue weighted by molar-refractivity contribution is 0.616. The molecule has 12 aliphatic rings. The molecule has 6 aliphatic heterocycles. The number of hydrogen-bond acceptors (Lipinski definition) is 6. The average molecular weight is 1620 g/mol. The van der Waals surface area contributed by atoms with Crippen LogP contribution in [0.5, 0.6) is 0 Å². The monoisotopic (exact) mass is 1620 g/mol. The molecule has 12 aromatic rings. The van der Waals surface area contributed by atoms with Crippen molar-refractivity contribution in [2.24, 2.45) is 0 Å².